The fraction of sp³-hybridized carbons (Fsp3) is 1.00. The molecular weight excluding hydrogens is 222 g/mol. The fourth-order valence-electron chi connectivity index (χ4n) is 4.21. The smallest absolute Gasteiger partial charge is 0.0616 e. The number of hydrogen-bond acceptors (Lipinski definition) is 2. The molecule has 1 saturated heterocycles. The Morgan fingerprint density at radius 3 is 2.72 bits per heavy atom. The second kappa shape index (κ2) is 6.91. The van der Waals surface area contributed by atoms with Crippen molar-refractivity contribution in [3.63, 3.8) is 0 Å². The highest BCUT2D eigenvalue weighted by Gasteiger charge is 2.38. The Balaban J connectivity index is 2.01. The highest BCUT2D eigenvalue weighted by atomic mass is 16.5. The standard InChI is InChI=1S/C16H31NO/c1-4-15-14(9-10-18-15)16(17-5-2)13-8-6-7-12(3)11-13/h12-17H,4-11H2,1-3H3. The lowest BCUT2D eigenvalue weighted by Crippen LogP contribution is -2.46. The minimum absolute atomic E-state index is 0.506. The van der Waals surface area contributed by atoms with E-state index in [1.165, 1.54) is 38.5 Å². The van der Waals surface area contributed by atoms with Gasteiger partial charge in [0.15, 0.2) is 0 Å². The predicted molar refractivity (Wildman–Crippen MR) is 76.7 cm³/mol. The second-order valence-electron chi connectivity index (χ2n) is 6.39. The van der Waals surface area contributed by atoms with Crippen molar-refractivity contribution < 1.29 is 4.74 Å². The van der Waals surface area contributed by atoms with Gasteiger partial charge in [0.25, 0.3) is 0 Å². The molecular formula is C16H31NO. The Kier molecular flexibility index (Phi) is 5.50. The Bertz CT molecular complexity index is 243. The third-order valence-corrected chi connectivity index (χ3v) is 5.05. The van der Waals surface area contributed by atoms with Gasteiger partial charge in [0, 0.05) is 18.6 Å². The van der Waals surface area contributed by atoms with Crippen LogP contribution in [0.2, 0.25) is 0 Å². The number of nitrogens with one attached hydrogen (secondary N) is 1. The Hall–Kier alpha value is -0.0800. The lowest BCUT2D eigenvalue weighted by Gasteiger charge is -2.38. The van der Waals surface area contributed by atoms with Gasteiger partial charge in [0.1, 0.15) is 0 Å². The molecule has 0 radical (unpaired) electrons. The van der Waals surface area contributed by atoms with Crippen LogP contribution < -0.4 is 5.32 Å². The van der Waals surface area contributed by atoms with E-state index in [4.69, 9.17) is 4.74 Å². The van der Waals surface area contributed by atoms with E-state index in [0.29, 0.717) is 12.1 Å². The third-order valence-electron chi connectivity index (χ3n) is 5.05. The van der Waals surface area contributed by atoms with Gasteiger partial charge in [0.05, 0.1) is 6.10 Å². The summed E-state index contributed by atoms with van der Waals surface area (Å²) >= 11 is 0. The van der Waals surface area contributed by atoms with Gasteiger partial charge in [0.2, 0.25) is 0 Å². The van der Waals surface area contributed by atoms with Crippen LogP contribution in [-0.4, -0.2) is 25.3 Å². The van der Waals surface area contributed by atoms with E-state index in [9.17, 15) is 0 Å². The minimum Gasteiger partial charge on any atom is -0.378 e. The van der Waals surface area contributed by atoms with Crippen LogP contribution in [0.15, 0.2) is 0 Å². The molecule has 0 aromatic rings. The van der Waals surface area contributed by atoms with Crippen LogP contribution in [0.1, 0.15) is 59.3 Å². The summed E-state index contributed by atoms with van der Waals surface area (Å²) in [6.45, 7) is 9.03. The van der Waals surface area contributed by atoms with Crippen LogP contribution in [0.5, 0.6) is 0 Å². The van der Waals surface area contributed by atoms with E-state index in [-0.39, 0.29) is 0 Å². The van der Waals surface area contributed by atoms with Crippen molar-refractivity contribution in [1.29, 1.82) is 0 Å². The second-order valence-corrected chi connectivity index (χ2v) is 6.39. The fourth-order valence-corrected chi connectivity index (χ4v) is 4.21. The van der Waals surface area contributed by atoms with Crippen molar-refractivity contribution in [2.75, 3.05) is 13.2 Å². The monoisotopic (exact) mass is 253 g/mol. The molecule has 1 N–H and O–H groups in total. The molecule has 18 heavy (non-hydrogen) atoms. The molecule has 2 nitrogen and oxygen atoms in total. The lowest BCUT2D eigenvalue weighted by atomic mass is 9.73. The molecule has 0 amide bonds. The topological polar surface area (TPSA) is 21.3 Å². The molecule has 1 saturated carbocycles. The summed E-state index contributed by atoms with van der Waals surface area (Å²) in [7, 11) is 0. The molecule has 0 spiro atoms. The molecule has 1 aliphatic carbocycles. The first kappa shape index (κ1) is 14.3. The highest BCUT2D eigenvalue weighted by molar-refractivity contribution is 4.91. The van der Waals surface area contributed by atoms with Gasteiger partial charge in [-0.2, -0.15) is 0 Å². The van der Waals surface area contributed by atoms with Crippen LogP contribution >= 0.6 is 0 Å². The maximum Gasteiger partial charge on any atom is 0.0616 e. The first-order chi connectivity index (χ1) is 8.76. The Morgan fingerprint density at radius 1 is 1.22 bits per heavy atom. The predicted octanol–water partition coefficient (Wildman–Crippen LogP) is 3.61. The van der Waals surface area contributed by atoms with Crippen LogP contribution in [-0.2, 0) is 4.74 Å². The lowest BCUT2D eigenvalue weighted by molar-refractivity contribution is 0.0623. The van der Waals surface area contributed by atoms with Crippen molar-refractivity contribution in [2.45, 2.75) is 71.4 Å². The molecule has 106 valence electrons. The number of hydrogen-bond donors (Lipinski definition) is 1. The maximum absolute atomic E-state index is 5.92. The van der Waals surface area contributed by atoms with Crippen LogP contribution in [0.4, 0.5) is 0 Å². The maximum atomic E-state index is 5.92. The summed E-state index contributed by atoms with van der Waals surface area (Å²) in [6, 6.07) is 0.699. The van der Waals surface area contributed by atoms with E-state index < -0.39 is 0 Å². The van der Waals surface area contributed by atoms with Gasteiger partial charge >= 0.3 is 0 Å². The average Bonchev–Trinajstić information content (AvgIpc) is 2.84. The Labute approximate surface area is 113 Å². The van der Waals surface area contributed by atoms with E-state index >= 15 is 0 Å². The first-order valence-corrected chi connectivity index (χ1v) is 8.11. The van der Waals surface area contributed by atoms with Gasteiger partial charge in [-0.25, -0.2) is 0 Å². The van der Waals surface area contributed by atoms with Crippen molar-refractivity contribution >= 4 is 0 Å². The summed E-state index contributed by atoms with van der Waals surface area (Å²) < 4.78 is 5.92. The summed E-state index contributed by atoms with van der Waals surface area (Å²) in [5.74, 6) is 2.56. The highest BCUT2D eigenvalue weighted by Crippen LogP contribution is 2.37. The quantitative estimate of drug-likeness (QED) is 0.808. The largest absolute Gasteiger partial charge is 0.378 e. The van der Waals surface area contributed by atoms with E-state index in [2.05, 4.69) is 26.1 Å². The molecule has 2 fully saturated rings. The summed E-state index contributed by atoms with van der Waals surface area (Å²) in [5, 5.41) is 3.80. The average molecular weight is 253 g/mol. The SMILES string of the molecule is CCNC(C1CCCC(C)C1)C1CCOC1CC. The molecule has 5 unspecified atom stereocenters. The molecule has 0 aromatic carbocycles. The molecule has 5 atom stereocenters. The zero-order chi connectivity index (χ0) is 13.0. The summed E-state index contributed by atoms with van der Waals surface area (Å²) in [5.41, 5.74) is 0. The zero-order valence-corrected chi connectivity index (χ0v) is 12.5. The molecule has 0 bridgehead atoms. The van der Waals surface area contributed by atoms with Gasteiger partial charge in [-0.3, -0.25) is 0 Å². The van der Waals surface area contributed by atoms with Crippen molar-refractivity contribution in [3.05, 3.63) is 0 Å². The first-order valence-electron chi connectivity index (χ1n) is 8.11. The van der Waals surface area contributed by atoms with Crippen LogP contribution in [0.3, 0.4) is 0 Å². The van der Waals surface area contributed by atoms with Gasteiger partial charge in [-0.15, -0.1) is 0 Å². The molecule has 2 aliphatic rings. The van der Waals surface area contributed by atoms with E-state index in [1.54, 1.807) is 0 Å². The van der Waals surface area contributed by atoms with Gasteiger partial charge < -0.3 is 10.1 Å². The molecule has 2 heteroatoms. The van der Waals surface area contributed by atoms with Crippen molar-refractivity contribution in [3.8, 4) is 0 Å². The number of rotatable bonds is 5. The van der Waals surface area contributed by atoms with Crippen LogP contribution in [0.25, 0.3) is 0 Å². The van der Waals surface area contributed by atoms with Gasteiger partial charge in [-0.05, 0) is 44.1 Å². The molecule has 2 rings (SSSR count). The molecule has 0 aromatic heterocycles. The molecule has 1 aliphatic heterocycles. The van der Waals surface area contributed by atoms with Crippen molar-refractivity contribution in [2.24, 2.45) is 17.8 Å². The minimum atomic E-state index is 0.506. The molecule has 1 heterocycles. The van der Waals surface area contributed by atoms with E-state index in [0.717, 1.165) is 30.9 Å². The van der Waals surface area contributed by atoms with E-state index in [1.807, 2.05) is 0 Å². The summed E-state index contributed by atoms with van der Waals surface area (Å²) in [4.78, 5) is 0. The van der Waals surface area contributed by atoms with Gasteiger partial charge in [-0.1, -0.05) is 33.6 Å². The number of ether oxygens (including phenoxy) is 1. The van der Waals surface area contributed by atoms with Crippen LogP contribution in [0, 0.1) is 17.8 Å². The van der Waals surface area contributed by atoms with Crippen molar-refractivity contribution in [1.82, 2.24) is 5.32 Å². The zero-order valence-electron chi connectivity index (χ0n) is 12.5. The normalized spacial score (nSPS) is 38.8. The third kappa shape index (κ3) is 3.27. The summed E-state index contributed by atoms with van der Waals surface area (Å²) in [6.07, 6.45) is 8.66. The Morgan fingerprint density at radius 2 is 2.06 bits per heavy atom.